The van der Waals surface area contributed by atoms with Gasteiger partial charge in [-0.15, -0.1) is 0 Å². The van der Waals surface area contributed by atoms with E-state index in [2.05, 4.69) is 18.2 Å². The van der Waals surface area contributed by atoms with Crippen LogP contribution in [0.4, 0.5) is 0 Å². The first-order valence-electron chi connectivity index (χ1n) is 7.31. The van der Waals surface area contributed by atoms with Gasteiger partial charge in [0.2, 0.25) is 0 Å². The third-order valence-corrected chi connectivity index (χ3v) is 4.46. The monoisotopic (exact) mass is 326 g/mol. The van der Waals surface area contributed by atoms with Crippen LogP contribution >= 0.6 is 7.60 Å². The Morgan fingerprint density at radius 2 is 1.78 bits per heavy atom. The SMILES string of the molecule is C=C(OP(=O)(C#Cc1ccccc1)OCC)c1ccc(C)cc1. The van der Waals surface area contributed by atoms with Gasteiger partial charge in [-0.3, -0.25) is 4.52 Å². The van der Waals surface area contributed by atoms with Crippen LogP contribution in [0.5, 0.6) is 0 Å². The average molecular weight is 326 g/mol. The largest absolute Gasteiger partial charge is 0.457 e. The second-order valence-electron chi connectivity index (χ2n) is 4.90. The van der Waals surface area contributed by atoms with Gasteiger partial charge >= 0.3 is 7.60 Å². The van der Waals surface area contributed by atoms with Gasteiger partial charge in [-0.1, -0.05) is 60.5 Å². The van der Waals surface area contributed by atoms with E-state index in [9.17, 15) is 4.57 Å². The molecule has 4 heteroatoms. The molecule has 0 heterocycles. The normalized spacial score (nSPS) is 12.6. The molecule has 0 bridgehead atoms. The summed E-state index contributed by atoms with van der Waals surface area (Å²) in [4.78, 5) is 0. The Kier molecular flexibility index (Phi) is 5.82. The molecule has 1 unspecified atom stereocenters. The maximum absolute atomic E-state index is 12.8. The third kappa shape index (κ3) is 5.14. The molecule has 0 aliphatic heterocycles. The van der Waals surface area contributed by atoms with Crippen LogP contribution in [0.2, 0.25) is 0 Å². The van der Waals surface area contributed by atoms with Gasteiger partial charge < -0.3 is 4.52 Å². The van der Waals surface area contributed by atoms with E-state index in [0.29, 0.717) is 0 Å². The van der Waals surface area contributed by atoms with Gasteiger partial charge in [-0.25, -0.2) is 4.57 Å². The first-order chi connectivity index (χ1) is 11.0. The van der Waals surface area contributed by atoms with Crippen LogP contribution in [0.3, 0.4) is 0 Å². The highest BCUT2D eigenvalue weighted by atomic mass is 31.2. The molecule has 2 aromatic carbocycles. The van der Waals surface area contributed by atoms with Crippen molar-refractivity contribution in [1.29, 1.82) is 0 Å². The molecule has 3 nitrogen and oxygen atoms in total. The van der Waals surface area contributed by atoms with Gasteiger partial charge in [0, 0.05) is 16.8 Å². The predicted molar refractivity (Wildman–Crippen MR) is 93.9 cm³/mol. The van der Waals surface area contributed by atoms with Crippen molar-refractivity contribution in [3.63, 3.8) is 0 Å². The van der Waals surface area contributed by atoms with Crippen LogP contribution in [0.1, 0.15) is 23.6 Å². The van der Waals surface area contributed by atoms with Gasteiger partial charge in [0.1, 0.15) is 5.76 Å². The minimum atomic E-state index is -3.58. The highest BCUT2D eigenvalue weighted by Gasteiger charge is 2.24. The molecule has 2 aromatic rings. The van der Waals surface area contributed by atoms with Crippen LogP contribution in [-0.2, 0) is 13.6 Å². The summed E-state index contributed by atoms with van der Waals surface area (Å²) in [7, 11) is -3.58. The fourth-order valence-electron chi connectivity index (χ4n) is 1.84. The van der Waals surface area contributed by atoms with E-state index in [4.69, 9.17) is 9.05 Å². The van der Waals surface area contributed by atoms with Crippen LogP contribution in [0.25, 0.3) is 5.76 Å². The first kappa shape index (κ1) is 17.1. The number of rotatable bonds is 5. The van der Waals surface area contributed by atoms with E-state index < -0.39 is 7.60 Å². The molecule has 0 aliphatic rings. The minimum absolute atomic E-state index is 0.238. The van der Waals surface area contributed by atoms with Crippen LogP contribution in [0, 0.1) is 18.5 Å². The Morgan fingerprint density at radius 3 is 2.39 bits per heavy atom. The fourth-order valence-corrected chi connectivity index (χ4v) is 3.01. The van der Waals surface area contributed by atoms with Crippen molar-refractivity contribution < 1.29 is 13.6 Å². The highest BCUT2D eigenvalue weighted by molar-refractivity contribution is 7.59. The molecule has 23 heavy (non-hydrogen) atoms. The topological polar surface area (TPSA) is 35.5 Å². The van der Waals surface area contributed by atoms with Crippen molar-refractivity contribution in [3.05, 3.63) is 77.9 Å². The molecule has 0 fully saturated rings. The Balaban J connectivity index is 2.20. The zero-order valence-electron chi connectivity index (χ0n) is 13.3. The molecule has 0 saturated heterocycles. The van der Waals surface area contributed by atoms with Gasteiger partial charge in [-0.05, 0) is 26.0 Å². The van der Waals surface area contributed by atoms with Gasteiger partial charge in [0.05, 0.1) is 6.61 Å². The van der Waals surface area contributed by atoms with Gasteiger partial charge in [-0.2, -0.15) is 0 Å². The number of benzene rings is 2. The Bertz CT molecular complexity index is 768. The lowest BCUT2D eigenvalue weighted by Crippen LogP contribution is -1.94. The number of hydrogen-bond donors (Lipinski definition) is 0. The summed E-state index contributed by atoms with van der Waals surface area (Å²) in [5, 5.41) is 0. The van der Waals surface area contributed by atoms with Crippen molar-refractivity contribution in [1.82, 2.24) is 0 Å². The summed E-state index contributed by atoms with van der Waals surface area (Å²) >= 11 is 0. The number of aryl methyl sites for hydroxylation is 1. The lowest BCUT2D eigenvalue weighted by molar-refractivity contribution is 0.281. The molecule has 0 saturated carbocycles. The van der Waals surface area contributed by atoms with E-state index in [0.717, 1.165) is 16.7 Å². The van der Waals surface area contributed by atoms with Crippen LogP contribution in [-0.4, -0.2) is 6.61 Å². The van der Waals surface area contributed by atoms with E-state index in [1.165, 1.54) is 0 Å². The van der Waals surface area contributed by atoms with Gasteiger partial charge in [0.25, 0.3) is 0 Å². The highest BCUT2D eigenvalue weighted by Crippen LogP contribution is 2.50. The van der Waals surface area contributed by atoms with E-state index >= 15 is 0 Å². The quantitative estimate of drug-likeness (QED) is 0.429. The standard InChI is InChI=1S/C19H19O3P/c1-4-21-23(20,15-14-18-8-6-5-7-9-18)22-17(3)19-12-10-16(2)11-13-19/h5-13H,3-4H2,1-2H3. The molecule has 0 spiro atoms. The van der Waals surface area contributed by atoms with Gasteiger partial charge in [0.15, 0.2) is 0 Å². The second-order valence-corrected chi connectivity index (χ2v) is 6.56. The summed E-state index contributed by atoms with van der Waals surface area (Å²) in [6, 6.07) is 16.9. The second kappa shape index (κ2) is 7.83. The molecule has 118 valence electrons. The minimum Gasteiger partial charge on any atom is -0.416 e. The molecule has 0 aromatic heterocycles. The summed E-state index contributed by atoms with van der Waals surface area (Å²) in [5.41, 5.74) is 5.24. The maximum Gasteiger partial charge on any atom is 0.457 e. The average Bonchev–Trinajstić information content (AvgIpc) is 2.55. The Labute approximate surface area is 137 Å². The van der Waals surface area contributed by atoms with Crippen molar-refractivity contribution >= 4 is 13.4 Å². The molecule has 0 N–H and O–H groups in total. The molecular weight excluding hydrogens is 307 g/mol. The Hall–Kier alpha value is -2.27. The maximum atomic E-state index is 12.8. The van der Waals surface area contributed by atoms with E-state index in [1.54, 1.807) is 6.92 Å². The predicted octanol–water partition coefficient (Wildman–Crippen LogP) is 5.22. The smallest absolute Gasteiger partial charge is 0.416 e. The Morgan fingerprint density at radius 1 is 1.13 bits per heavy atom. The lowest BCUT2D eigenvalue weighted by atomic mass is 10.1. The van der Waals surface area contributed by atoms with E-state index in [1.807, 2.05) is 61.5 Å². The third-order valence-electron chi connectivity index (χ3n) is 3.01. The van der Waals surface area contributed by atoms with Crippen molar-refractivity contribution in [3.8, 4) is 11.6 Å². The summed E-state index contributed by atoms with van der Waals surface area (Å²) in [6.45, 7) is 7.81. The van der Waals surface area contributed by atoms with Crippen molar-refractivity contribution in [2.24, 2.45) is 0 Å². The number of hydrogen-bond acceptors (Lipinski definition) is 3. The zero-order valence-corrected chi connectivity index (χ0v) is 14.2. The molecule has 0 aliphatic carbocycles. The van der Waals surface area contributed by atoms with Crippen molar-refractivity contribution in [2.75, 3.05) is 6.61 Å². The molecule has 2 rings (SSSR count). The molecule has 0 radical (unpaired) electrons. The van der Waals surface area contributed by atoms with E-state index in [-0.39, 0.29) is 12.4 Å². The summed E-state index contributed by atoms with van der Waals surface area (Å²) in [5.74, 6) is 3.11. The summed E-state index contributed by atoms with van der Waals surface area (Å²) < 4.78 is 23.5. The first-order valence-corrected chi connectivity index (χ1v) is 8.85. The molecule has 1 atom stereocenters. The molecule has 0 amide bonds. The summed E-state index contributed by atoms with van der Waals surface area (Å²) in [6.07, 6.45) is 0. The van der Waals surface area contributed by atoms with Crippen LogP contribution in [0.15, 0.2) is 61.2 Å². The lowest BCUT2D eigenvalue weighted by Gasteiger charge is -2.15. The van der Waals surface area contributed by atoms with Crippen molar-refractivity contribution in [2.45, 2.75) is 13.8 Å². The zero-order chi connectivity index (χ0) is 16.7. The fraction of sp³-hybridized carbons (Fsp3) is 0.158. The molecular formula is C19H19O3P. The van der Waals surface area contributed by atoms with Crippen LogP contribution < -0.4 is 0 Å².